The third kappa shape index (κ3) is 1.90. The summed E-state index contributed by atoms with van der Waals surface area (Å²) in [5, 5.41) is 3.02. The Kier molecular flexibility index (Phi) is 3.02. The average molecular weight is 280 g/mol. The van der Waals surface area contributed by atoms with Crippen LogP contribution in [-0.4, -0.2) is 13.1 Å². The van der Waals surface area contributed by atoms with E-state index in [1.165, 1.54) is 0 Å². The molecule has 0 saturated carbocycles. The van der Waals surface area contributed by atoms with Gasteiger partial charge < -0.3 is 5.32 Å². The second kappa shape index (κ2) is 4.14. The van der Waals surface area contributed by atoms with Crippen LogP contribution in [0.3, 0.4) is 0 Å². The predicted molar refractivity (Wildman–Crippen MR) is 54.2 cm³/mol. The van der Waals surface area contributed by atoms with Crippen LogP contribution in [0, 0.1) is 17.5 Å². The van der Waals surface area contributed by atoms with Gasteiger partial charge in [0.15, 0.2) is 0 Å². The van der Waals surface area contributed by atoms with Crippen molar-refractivity contribution in [1.82, 2.24) is 5.32 Å². The maximum atomic E-state index is 13.6. The Hall–Kier alpha value is -0.550. The first kappa shape index (κ1) is 11.0. The van der Waals surface area contributed by atoms with Crippen LogP contribution >= 0.6 is 15.9 Å². The van der Waals surface area contributed by atoms with Crippen molar-refractivity contribution in [3.63, 3.8) is 0 Å². The highest BCUT2D eigenvalue weighted by atomic mass is 79.9. The van der Waals surface area contributed by atoms with E-state index < -0.39 is 17.5 Å². The minimum Gasteiger partial charge on any atom is -0.316 e. The fourth-order valence-electron chi connectivity index (χ4n) is 1.86. The average Bonchev–Trinajstić information content (AvgIpc) is 2.68. The smallest absolute Gasteiger partial charge is 0.146 e. The molecule has 1 nitrogen and oxygen atoms in total. The van der Waals surface area contributed by atoms with Crippen molar-refractivity contribution in [1.29, 1.82) is 0 Å². The summed E-state index contributed by atoms with van der Waals surface area (Å²) in [4.78, 5) is 0. The van der Waals surface area contributed by atoms with Crippen molar-refractivity contribution in [2.24, 2.45) is 0 Å². The van der Waals surface area contributed by atoms with Gasteiger partial charge in [-0.25, -0.2) is 13.2 Å². The Bertz CT molecular complexity index is 389. The van der Waals surface area contributed by atoms with Crippen molar-refractivity contribution in [2.45, 2.75) is 12.3 Å². The zero-order chi connectivity index (χ0) is 11.0. The van der Waals surface area contributed by atoms with E-state index in [9.17, 15) is 13.2 Å². The van der Waals surface area contributed by atoms with E-state index >= 15 is 0 Å². The van der Waals surface area contributed by atoms with Gasteiger partial charge in [-0.15, -0.1) is 0 Å². The van der Waals surface area contributed by atoms with Gasteiger partial charge in [-0.1, -0.05) is 0 Å². The molecule has 1 saturated heterocycles. The second-order valence-electron chi connectivity index (χ2n) is 3.57. The normalized spacial score (nSPS) is 20.9. The lowest BCUT2D eigenvalue weighted by molar-refractivity contribution is 0.500. The molecule has 1 atom stereocenters. The lowest BCUT2D eigenvalue weighted by Gasteiger charge is -2.12. The van der Waals surface area contributed by atoms with Crippen molar-refractivity contribution in [2.75, 3.05) is 13.1 Å². The molecule has 0 radical (unpaired) electrons. The molecular formula is C10H9BrF3N. The number of hydrogen-bond donors (Lipinski definition) is 1. The van der Waals surface area contributed by atoms with E-state index in [0.29, 0.717) is 13.0 Å². The lowest BCUT2D eigenvalue weighted by atomic mass is 9.97. The molecule has 2 rings (SSSR count). The molecule has 1 aromatic rings. The van der Waals surface area contributed by atoms with Crippen LogP contribution in [-0.2, 0) is 0 Å². The number of nitrogens with one attached hydrogen (secondary N) is 1. The summed E-state index contributed by atoms with van der Waals surface area (Å²) in [6.45, 7) is 1.27. The summed E-state index contributed by atoms with van der Waals surface area (Å²) in [6.07, 6.45) is 0.673. The molecule has 82 valence electrons. The quantitative estimate of drug-likeness (QED) is 0.616. The highest BCUT2D eigenvalue weighted by Gasteiger charge is 2.26. The van der Waals surface area contributed by atoms with E-state index in [2.05, 4.69) is 21.2 Å². The van der Waals surface area contributed by atoms with Gasteiger partial charge in [-0.05, 0) is 28.9 Å². The van der Waals surface area contributed by atoms with Crippen LogP contribution in [0.5, 0.6) is 0 Å². The van der Waals surface area contributed by atoms with Crippen LogP contribution < -0.4 is 5.32 Å². The Morgan fingerprint density at radius 3 is 2.60 bits per heavy atom. The molecule has 1 aliphatic rings. The molecule has 0 bridgehead atoms. The van der Waals surface area contributed by atoms with Gasteiger partial charge in [0.1, 0.15) is 17.5 Å². The first-order valence-electron chi connectivity index (χ1n) is 4.65. The van der Waals surface area contributed by atoms with Crippen LogP contribution in [0.15, 0.2) is 10.5 Å². The molecule has 1 heterocycles. The number of benzene rings is 1. The molecule has 1 N–H and O–H groups in total. The van der Waals surface area contributed by atoms with Crippen molar-refractivity contribution < 1.29 is 13.2 Å². The largest absolute Gasteiger partial charge is 0.316 e. The Morgan fingerprint density at radius 1 is 1.27 bits per heavy atom. The Labute approximate surface area is 93.8 Å². The summed E-state index contributed by atoms with van der Waals surface area (Å²) in [5.74, 6) is -2.73. The SMILES string of the molecule is Fc1cc(F)c(C2CCNC2)c(F)c1Br. The highest BCUT2D eigenvalue weighted by Crippen LogP contribution is 2.32. The van der Waals surface area contributed by atoms with Crippen molar-refractivity contribution >= 4 is 15.9 Å². The predicted octanol–water partition coefficient (Wildman–Crippen LogP) is 2.94. The van der Waals surface area contributed by atoms with Gasteiger partial charge in [0.25, 0.3) is 0 Å². The van der Waals surface area contributed by atoms with E-state index in [1.54, 1.807) is 0 Å². The van der Waals surface area contributed by atoms with Gasteiger partial charge in [0.2, 0.25) is 0 Å². The van der Waals surface area contributed by atoms with Crippen LogP contribution in [0.2, 0.25) is 0 Å². The molecule has 1 unspecified atom stereocenters. The third-order valence-corrected chi connectivity index (χ3v) is 3.35. The fraction of sp³-hybridized carbons (Fsp3) is 0.400. The zero-order valence-corrected chi connectivity index (χ0v) is 9.37. The molecule has 1 aliphatic heterocycles. The summed E-state index contributed by atoms with van der Waals surface area (Å²) in [6, 6.07) is 0.723. The summed E-state index contributed by atoms with van der Waals surface area (Å²) < 4.78 is 39.7. The molecular weight excluding hydrogens is 271 g/mol. The third-order valence-electron chi connectivity index (χ3n) is 2.62. The van der Waals surface area contributed by atoms with E-state index in [1.807, 2.05) is 0 Å². The molecule has 0 amide bonds. The highest BCUT2D eigenvalue weighted by molar-refractivity contribution is 9.10. The van der Waals surface area contributed by atoms with E-state index in [-0.39, 0.29) is 16.0 Å². The van der Waals surface area contributed by atoms with Gasteiger partial charge >= 0.3 is 0 Å². The van der Waals surface area contributed by atoms with E-state index in [0.717, 1.165) is 12.6 Å². The summed E-state index contributed by atoms with van der Waals surface area (Å²) in [7, 11) is 0. The molecule has 1 fully saturated rings. The van der Waals surface area contributed by atoms with Crippen molar-refractivity contribution in [3.8, 4) is 0 Å². The number of halogens is 4. The summed E-state index contributed by atoms with van der Waals surface area (Å²) in [5.41, 5.74) is -0.0201. The van der Waals surface area contributed by atoms with Crippen molar-refractivity contribution in [3.05, 3.63) is 33.6 Å². The first-order valence-corrected chi connectivity index (χ1v) is 5.44. The molecule has 1 aromatic carbocycles. The minimum absolute atomic E-state index is 0.0201. The fourth-order valence-corrected chi connectivity index (χ4v) is 2.18. The van der Waals surface area contributed by atoms with Gasteiger partial charge in [0.05, 0.1) is 4.47 Å². The monoisotopic (exact) mass is 279 g/mol. The van der Waals surface area contributed by atoms with Gasteiger partial charge in [-0.3, -0.25) is 0 Å². The Balaban J connectivity index is 2.50. The molecule has 15 heavy (non-hydrogen) atoms. The first-order chi connectivity index (χ1) is 7.11. The summed E-state index contributed by atoms with van der Waals surface area (Å²) >= 11 is 2.77. The number of rotatable bonds is 1. The lowest BCUT2D eigenvalue weighted by Crippen LogP contribution is -2.11. The minimum atomic E-state index is -0.903. The molecule has 0 aliphatic carbocycles. The van der Waals surface area contributed by atoms with Crippen LogP contribution in [0.1, 0.15) is 17.9 Å². The van der Waals surface area contributed by atoms with Gasteiger partial charge in [-0.2, -0.15) is 0 Å². The molecule has 5 heteroatoms. The number of hydrogen-bond acceptors (Lipinski definition) is 1. The maximum absolute atomic E-state index is 13.6. The second-order valence-corrected chi connectivity index (χ2v) is 4.36. The van der Waals surface area contributed by atoms with E-state index in [4.69, 9.17) is 0 Å². The molecule has 0 aromatic heterocycles. The van der Waals surface area contributed by atoms with Crippen LogP contribution in [0.4, 0.5) is 13.2 Å². The standard InChI is InChI=1S/C10H9BrF3N/c11-9-7(13)3-6(12)8(10(9)14)5-1-2-15-4-5/h3,5,15H,1-2,4H2. The van der Waals surface area contributed by atoms with Gasteiger partial charge in [0, 0.05) is 24.1 Å². The topological polar surface area (TPSA) is 12.0 Å². The zero-order valence-electron chi connectivity index (χ0n) is 7.79. The molecule has 0 spiro atoms. The maximum Gasteiger partial charge on any atom is 0.146 e. The Morgan fingerprint density at radius 2 is 2.00 bits per heavy atom. The van der Waals surface area contributed by atoms with Crippen LogP contribution in [0.25, 0.3) is 0 Å².